The van der Waals surface area contributed by atoms with Crippen molar-refractivity contribution in [3.05, 3.63) is 51.8 Å². The average molecular weight is 295 g/mol. The number of aromatic nitrogens is 3. The second-order valence-electron chi connectivity index (χ2n) is 4.40. The number of alkyl halides is 1. The first-order valence-corrected chi connectivity index (χ1v) is 6.91. The van der Waals surface area contributed by atoms with Gasteiger partial charge in [0.25, 0.3) is 5.69 Å². The van der Waals surface area contributed by atoms with E-state index in [1.54, 1.807) is 22.9 Å². The first kappa shape index (κ1) is 14.5. The highest BCUT2D eigenvalue weighted by Crippen LogP contribution is 2.18. The van der Waals surface area contributed by atoms with Gasteiger partial charge in [0.2, 0.25) is 0 Å². The van der Waals surface area contributed by atoms with Crippen LogP contribution in [0.1, 0.15) is 17.7 Å². The normalized spacial score (nSPS) is 10.7. The van der Waals surface area contributed by atoms with Crippen molar-refractivity contribution in [3.63, 3.8) is 0 Å². The molecule has 0 spiro atoms. The molecule has 0 fully saturated rings. The zero-order valence-corrected chi connectivity index (χ0v) is 11.7. The zero-order chi connectivity index (χ0) is 14.4. The van der Waals surface area contributed by atoms with Gasteiger partial charge in [-0.3, -0.25) is 14.8 Å². The molecule has 0 radical (unpaired) electrons. The third kappa shape index (κ3) is 3.77. The van der Waals surface area contributed by atoms with Crippen LogP contribution in [0.25, 0.3) is 0 Å². The van der Waals surface area contributed by atoms with Crippen LogP contribution in [-0.2, 0) is 19.4 Å². The fourth-order valence-electron chi connectivity index (χ4n) is 1.95. The number of benzene rings is 1. The molecule has 0 N–H and O–H groups in total. The van der Waals surface area contributed by atoms with Gasteiger partial charge < -0.3 is 0 Å². The van der Waals surface area contributed by atoms with Crippen LogP contribution in [0.3, 0.4) is 0 Å². The molecule has 0 saturated carbocycles. The van der Waals surface area contributed by atoms with E-state index in [-0.39, 0.29) is 10.6 Å². The lowest BCUT2D eigenvalue weighted by Crippen LogP contribution is -2.04. The molecule has 0 atom stereocenters. The topological polar surface area (TPSA) is 73.8 Å². The molecular weight excluding hydrogens is 280 g/mol. The van der Waals surface area contributed by atoms with Crippen molar-refractivity contribution in [1.82, 2.24) is 15.0 Å². The minimum atomic E-state index is -0.359. The second kappa shape index (κ2) is 7.00. The van der Waals surface area contributed by atoms with E-state index in [0.717, 1.165) is 18.5 Å². The van der Waals surface area contributed by atoms with Gasteiger partial charge in [0.1, 0.15) is 0 Å². The molecule has 0 unspecified atom stereocenters. The van der Waals surface area contributed by atoms with Crippen LogP contribution in [0.15, 0.2) is 30.5 Å². The van der Waals surface area contributed by atoms with Crippen molar-refractivity contribution in [2.24, 2.45) is 0 Å². The maximum Gasteiger partial charge on any atom is 0.272 e. The molecule has 0 aliphatic rings. The molecule has 0 aliphatic heterocycles. The summed E-state index contributed by atoms with van der Waals surface area (Å²) in [5.74, 6) is 0.600. The summed E-state index contributed by atoms with van der Waals surface area (Å²) in [5.41, 5.74) is 1.75. The SMILES string of the molecule is O=[N+]([O-])c1ccccc1CCn1cc(CCCCl)nn1. The monoisotopic (exact) mass is 294 g/mol. The first-order valence-electron chi connectivity index (χ1n) is 6.38. The van der Waals surface area contributed by atoms with E-state index in [1.807, 2.05) is 6.20 Å². The van der Waals surface area contributed by atoms with Gasteiger partial charge in [0, 0.05) is 30.3 Å². The molecule has 20 heavy (non-hydrogen) atoms. The Morgan fingerprint density at radius 2 is 2.10 bits per heavy atom. The van der Waals surface area contributed by atoms with Gasteiger partial charge in [-0.05, 0) is 19.3 Å². The summed E-state index contributed by atoms with van der Waals surface area (Å²) >= 11 is 5.63. The smallest absolute Gasteiger partial charge is 0.258 e. The maximum absolute atomic E-state index is 10.9. The van der Waals surface area contributed by atoms with Crippen molar-refractivity contribution >= 4 is 17.3 Å². The Hall–Kier alpha value is -1.95. The summed E-state index contributed by atoms with van der Waals surface area (Å²) in [7, 11) is 0. The second-order valence-corrected chi connectivity index (χ2v) is 4.78. The van der Waals surface area contributed by atoms with Gasteiger partial charge in [-0.15, -0.1) is 16.7 Å². The molecule has 0 amide bonds. The third-order valence-electron chi connectivity index (χ3n) is 2.95. The van der Waals surface area contributed by atoms with E-state index in [4.69, 9.17) is 11.6 Å². The van der Waals surface area contributed by atoms with Gasteiger partial charge >= 0.3 is 0 Å². The number of para-hydroxylation sites is 1. The Bertz CT molecular complexity index is 585. The Balaban J connectivity index is 1.98. The van der Waals surface area contributed by atoms with Crippen molar-refractivity contribution in [2.75, 3.05) is 5.88 Å². The maximum atomic E-state index is 10.9. The van der Waals surface area contributed by atoms with Crippen LogP contribution < -0.4 is 0 Å². The highest BCUT2D eigenvalue weighted by molar-refractivity contribution is 6.17. The number of nitro benzene ring substituents is 1. The summed E-state index contributed by atoms with van der Waals surface area (Å²) < 4.78 is 1.71. The summed E-state index contributed by atoms with van der Waals surface area (Å²) in [6, 6.07) is 6.75. The van der Waals surface area contributed by atoms with Crippen molar-refractivity contribution in [2.45, 2.75) is 25.8 Å². The van der Waals surface area contributed by atoms with Crippen LogP contribution in [0, 0.1) is 10.1 Å². The quantitative estimate of drug-likeness (QED) is 0.447. The number of halogens is 1. The predicted molar refractivity (Wildman–Crippen MR) is 75.9 cm³/mol. The van der Waals surface area contributed by atoms with E-state index in [0.29, 0.717) is 24.4 Å². The Labute approximate surface area is 121 Å². The Kier molecular flexibility index (Phi) is 5.06. The van der Waals surface area contributed by atoms with Crippen LogP contribution in [0.4, 0.5) is 5.69 Å². The van der Waals surface area contributed by atoms with Crippen LogP contribution in [0.5, 0.6) is 0 Å². The van der Waals surface area contributed by atoms with Crippen LogP contribution in [-0.4, -0.2) is 25.8 Å². The number of rotatable bonds is 7. The number of hydrogen-bond donors (Lipinski definition) is 0. The highest BCUT2D eigenvalue weighted by atomic mass is 35.5. The largest absolute Gasteiger partial charge is 0.272 e. The van der Waals surface area contributed by atoms with Crippen molar-refractivity contribution in [3.8, 4) is 0 Å². The summed E-state index contributed by atoms with van der Waals surface area (Å²) in [5, 5.41) is 19.0. The predicted octanol–water partition coefficient (Wildman–Crippen LogP) is 2.60. The summed E-state index contributed by atoms with van der Waals surface area (Å²) in [6.07, 6.45) is 4.08. The summed E-state index contributed by atoms with van der Waals surface area (Å²) in [6.45, 7) is 0.568. The molecule has 1 heterocycles. The van der Waals surface area contributed by atoms with E-state index >= 15 is 0 Å². The molecule has 7 heteroatoms. The highest BCUT2D eigenvalue weighted by Gasteiger charge is 2.12. The Morgan fingerprint density at radius 1 is 1.30 bits per heavy atom. The average Bonchev–Trinajstić information content (AvgIpc) is 2.91. The molecule has 106 valence electrons. The number of hydrogen-bond acceptors (Lipinski definition) is 4. The van der Waals surface area contributed by atoms with Gasteiger partial charge in [-0.25, -0.2) is 0 Å². The minimum Gasteiger partial charge on any atom is -0.258 e. The fraction of sp³-hybridized carbons (Fsp3) is 0.385. The lowest BCUT2D eigenvalue weighted by atomic mass is 10.1. The lowest BCUT2D eigenvalue weighted by molar-refractivity contribution is -0.385. The van der Waals surface area contributed by atoms with E-state index in [2.05, 4.69) is 10.3 Å². The molecule has 6 nitrogen and oxygen atoms in total. The van der Waals surface area contributed by atoms with E-state index < -0.39 is 0 Å². The Morgan fingerprint density at radius 3 is 2.85 bits per heavy atom. The van der Waals surface area contributed by atoms with Crippen LogP contribution in [0.2, 0.25) is 0 Å². The molecule has 0 saturated heterocycles. The van der Waals surface area contributed by atoms with E-state index in [9.17, 15) is 10.1 Å². The molecule has 1 aromatic heterocycles. The van der Waals surface area contributed by atoms with Gasteiger partial charge in [0.05, 0.1) is 10.6 Å². The number of nitrogens with zero attached hydrogens (tertiary/aromatic N) is 4. The third-order valence-corrected chi connectivity index (χ3v) is 3.22. The summed E-state index contributed by atoms with van der Waals surface area (Å²) in [4.78, 5) is 10.6. The lowest BCUT2D eigenvalue weighted by Gasteiger charge is -2.02. The number of nitro groups is 1. The van der Waals surface area contributed by atoms with Crippen LogP contribution >= 0.6 is 11.6 Å². The molecule has 2 rings (SSSR count). The van der Waals surface area contributed by atoms with Gasteiger partial charge in [-0.1, -0.05) is 23.4 Å². The van der Waals surface area contributed by atoms with E-state index in [1.165, 1.54) is 6.07 Å². The van der Waals surface area contributed by atoms with Crippen molar-refractivity contribution in [1.29, 1.82) is 0 Å². The van der Waals surface area contributed by atoms with Crippen molar-refractivity contribution < 1.29 is 4.92 Å². The van der Waals surface area contributed by atoms with Gasteiger partial charge in [-0.2, -0.15) is 0 Å². The standard InChI is InChI=1S/C13H15ClN4O2/c14-8-3-5-12-10-17(16-15-12)9-7-11-4-1-2-6-13(11)18(19)20/h1-2,4,6,10H,3,5,7-9H2. The molecule has 2 aromatic rings. The number of aryl methyl sites for hydroxylation is 3. The molecule has 0 bridgehead atoms. The minimum absolute atomic E-state index is 0.148. The fourth-order valence-corrected chi connectivity index (χ4v) is 2.08. The molecule has 0 aliphatic carbocycles. The first-order chi connectivity index (χ1) is 9.70. The zero-order valence-electron chi connectivity index (χ0n) is 10.9. The van der Waals surface area contributed by atoms with Gasteiger partial charge in [0.15, 0.2) is 0 Å². The molecule has 1 aromatic carbocycles. The molecular formula is C13H15ClN4O2.